The molecule has 2 rings (SSSR count). The summed E-state index contributed by atoms with van der Waals surface area (Å²) in [5, 5.41) is 0.456. The van der Waals surface area contributed by atoms with Gasteiger partial charge < -0.3 is 9.47 Å². The van der Waals surface area contributed by atoms with E-state index in [0.717, 1.165) is 5.75 Å². The second-order valence-electron chi connectivity index (χ2n) is 3.33. The van der Waals surface area contributed by atoms with Crippen LogP contribution in [0.15, 0.2) is 48.7 Å². The molecule has 0 bridgehead atoms. The van der Waals surface area contributed by atoms with Crippen LogP contribution in [0.1, 0.15) is 0 Å². The van der Waals surface area contributed by atoms with Gasteiger partial charge in [-0.3, -0.25) is 0 Å². The Bertz CT molecular complexity index is 445. The predicted octanol–water partition coefficient (Wildman–Crippen LogP) is 3.19. The van der Waals surface area contributed by atoms with Gasteiger partial charge in [0.2, 0.25) is 0 Å². The average molecular weight is 250 g/mol. The number of nitrogens with zero attached hydrogens (tertiary/aromatic N) is 1. The number of benzene rings is 1. The molecule has 88 valence electrons. The summed E-state index contributed by atoms with van der Waals surface area (Å²) >= 11 is 5.66. The lowest BCUT2D eigenvalue weighted by Crippen LogP contribution is -2.08. The van der Waals surface area contributed by atoms with Crippen molar-refractivity contribution >= 4 is 11.6 Å². The minimum Gasteiger partial charge on any atom is -0.490 e. The van der Waals surface area contributed by atoms with E-state index in [9.17, 15) is 0 Å². The summed E-state index contributed by atoms with van der Waals surface area (Å²) in [6.07, 6.45) is 1.59. The molecule has 17 heavy (non-hydrogen) atoms. The smallest absolute Gasteiger partial charge is 0.137 e. The first-order chi connectivity index (χ1) is 8.34. The summed E-state index contributed by atoms with van der Waals surface area (Å²) in [4.78, 5) is 3.92. The Balaban J connectivity index is 1.71. The summed E-state index contributed by atoms with van der Waals surface area (Å²) in [6, 6.07) is 13.1. The summed E-state index contributed by atoms with van der Waals surface area (Å²) in [5.41, 5.74) is 0. The number of pyridine rings is 1. The van der Waals surface area contributed by atoms with Crippen LogP contribution in [-0.4, -0.2) is 18.2 Å². The van der Waals surface area contributed by atoms with Gasteiger partial charge in [0, 0.05) is 0 Å². The van der Waals surface area contributed by atoms with Crippen molar-refractivity contribution in [1.29, 1.82) is 0 Å². The molecule has 0 atom stereocenters. The van der Waals surface area contributed by atoms with Gasteiger partial charge in [0.05, 0.1) is 6.20 Å². The van der Waals surface area contributed by atoms with Gasteiger partial charge in [0.25, 0.3) is 0 Å². The van der Waals surface area contributed by atoms with Crippen molar-refractivity contribution in [1.82, 2.24) is 4.98 Å². The maximum Gasteiger partial charge on any atom is 0.137 e. The molecular formula is C13H12ClNO2. The van der Waals surface area contributed by atoms with Gasteiger partial charge in [0.1, 0.15) is 29.9 Å². The maximum absolute atomic E-state index is 5.66. The summed E-state index contributed by atoms with van der Waals surface area (Å²) < 4.78 is 10.9. The highest BCUT2D eigenvalue weighted by molar-refractivity contribution is 6.29. The molecule has 0 saturated carbocycles. The van der Waals surface area contributed by atoms with Crippen LogP contribution in [0.3, 0.4) is 0 Å². The van der Waals surface area contributed by atoms with E-state index in [2.05, 4.69) is 4.98 Å². The van der Waals surface area contributed by atoms with Crippen LogP contribution < -0.4 is 9.47 Å². The summed E-state index contributed by atoms with van der Waals surface area (Å²) in [6.45, 7) is 0.963. The minimum absolute atomic E-state index is 0.456. The van der Waals surface area contributed by atoms with E-state index >= 15 is 0 Å². The standard InChI is InChI=1S/C13H12ClNO2/c14-13-7-6-12(10-15-13)17-9-8-16-11-4-2-1-3-5-11/h1-7,10H,8-9H2. The van der Waals surface area contributed by atoms with Crippen molar-refractivity contribution in [3.05, 3.63) is 53.8 Å². The molecular weight excluding hydrogens is 238 g/mol. The van der Waals surface area contributed by atoms with Gasteiger partial charge in [-0.25, -0.2) is 4.98 Å². The quantitative estimate of drug-likeness (QED) is 0.602. The lowest BCUT2D eigenvalue weighted by molar-refractivity contribution is 0.216. The monoisotopic (exact) mass is 249 g/mol. The summed E-state index contributed by atoms with van der Waals surface area (Å²) in [7, 11) is 0. The van der Waals surface area contributed by atoms with Gasteiger partial charge in [0.15, 0.2) is 0 Å². The van der Waals surface area contributed by atoms with Crippen molar-refractivity contribution in [3.8, 4) is 11.5 Å². The zero-order valence-corrected chi connectivity index (χ0v) is 9.93. The fourth-order valence-corrected chi connectivity index (χ4v) is 1.40. The zero-order valence-electron chi connectivity index (χ0n) is 9.17. The molecule has 0 aliphatic rings. The van der Waals surface area contributed by atoms with Crippen LogP contribution in [0.25, 0.3) is 0 Å². The second-order valence-corrected chi connectivity index (χ2v) is 3.71. The van der Waals surface area contributed by atoms with E-state index < -0.39 is 0 Å². The van der Waals surface area contributed by atoms with Gasteiger partial charge in [-0.15, -0.1) is 0 Å². The van der Waals surface area contributed by atoms with Crippen molar-refractivity contribution in [2.45, 2.75) is 0 Å². The third kappa shape index (κ3) is 3.96. The van der Waals surface area contributed by atoms with E-state index in [1.807, 2.05) is 30.3 Å². The van der Waals surface area contributed by atoms with E-state index in [0.29, 0.717) is 24.1 Å². The zero-order chi connectivity index (χ0) is 11.9. The van der Waals surface area contributed by atoms with Crippen LogP contribution in [0.2, 0.25) is 5.15 Å². The molecule has 4 heteroatoms. The fraction of sp³-hybridized carbons (Fsp3) is 0.154. The van der Waals surface area contributed by atoms with Crippen LogP contribution in [0, 0.1) is 0 Å². The lowest BCUT2D eigenvalue weighted by atomic mass is 10.3. The number of hydrogen-bond acceptors (Lipinski definition) is 3. The number of hydrogen-bond donors (Lipinski definition) is 0. The molecule has 0 aliphatic heterocycles. The number of aromatic nitrogens is 1. The van der Waals surface area contributed by atoms with Gasteiger partial charge in [-0.2, -0.15) is 0 Å². The van der Waals surface area contributed by atoms with Crippen LogP contribution >= 0.6 is 11.6 Å². The van der Waals surface area contributed by atoms with Crippen molar-refractivity contribution in [3.63, 3.8) is 0 Å². The Labute approximate surface area is 105 Å². The molecule has 0 fully saturated rings. The van der Waals surface area contributed by atoms with Crippen LogP contribution in [-0.2, 0) is 0 Å². The topological polar surface area (TPSA) is 31.4 Å². The molecule has 1 aromatic heterocycles. The normalized spacial score (nSPS) is 9.94. The first-order valence-electron chi connectivity index (χ1n) is 5.27. The highest BCUT2D eigenvalue weighted by Gasteiger charge is 1.95. The minimum atomic E-state index is 0.456. The van der Waals surface area contributed by atoms with E-state index in [4.69, 9.17) is 21.1 Å². The molecule has 2 aromatic rings. The molecule has 0 unspecified atom stereocenters. The number of ether oxygens (including phenoxy) is 2. The van der Waals surface area contributed by atoms with Gasteiger partial charge in [-0.1, -0.05) is 29.8 Å². The van der Waals surface area contributed by atoms with Gasteiger partial charge in [-0.05, 0) is 24.3 Å². The third-order valence-corrected chi connectivity index (χ3v) is 2.29. The summed E-state index contributed by atoms with van der Waals surface area (Å²) in [5.74, 6) is 1.52. The first-order valence-corrected chi connectivity index (χ1v) is 5.64. The average Bonchev–Trinajstić information content (AvgIpc) is 2.38. The molecule has 0 amide bonds. The molecule has 0 spiro atoms. The van der Waals surface area contributed by atoms with Crippen LogP contribution in [0.4, 0.5) is 0 Å². The van der Waals surface area contributed by atoms with Crippen molar-refractivity contribution in [2.24, 2.45) is 0 Å². The maximum atomic E-state index is 5.66. The number of rotatable bonds is 5. The van der Waals surface area contributed by atoms with E-state index in [1.54, 1.807) is 18.3 Å². The van der Waals surface area contributed by atoms with Crippen molar-refractivity contribution in [2.75, 3.05) is 13.2 Å². The van der Waals surface area contributed by atoms with E-state index in [-0.39, 0.29) is 0 Å². The molecule has 1 aromatic carbocycles. The molecule has 0 saturated heterocycles. The molecule has 3 nitrogen and oxygen atoms in total. The largest absolute Gasteiger partial charge is 0.490 e. The van der Waals surface area contributed by atoms with Crippen molar-refractivity contribution < 1.29 is 9.47 Å². The Morgan fingerprint density at radius 3 is 2.24 bits per heavy atom. The molecule has 0 N–H and O–H groups in total. The Kier molecular flexibility index (Phi) is 4.22. The number of para-hydroxylation sites is 1. The molecule has 0 aliphatic carbocycles. The first kappa shape index (κ1) is 11.7. The second kappa shape index (κ2) is 6.11. The third-order valence-electron chi connectivity index (χ3n) is 2.06. The molecule has 1 heterocycles. The predicted molar refractivity (Wildman–Crippen MR) is 66.7 cm³/mol. The Morgan fingerprint density at radius 2 is 1.59 bits per heavy atom. The van der Waals surface area contributed by atoms with Crippen LogP contribution in [0.5, 0.6) is 11.5 Å². The van der Waals surface area contributed by atoms with Gasteiger partial charge >= 0.3 is 0 Å². The Hall–Kier alpha value is -1.74. The highest BCUT2D eigenvalue weighted by Crippen LogP contribution is 2.12. The number of halogens is 1. The lowest BCUT2D eigenvalue weighted by Gasteiger charge is -2.07. The van der Waals surface area contributed by atoms with E-state index in [1.165, 1.54) is 0 Å². The fourth-order valence-electron chi connectivity index (χ4n) is 1.28. The molecule has 0 radical (unpaired) electrons. The SMILES string of the molecule is Clc1ccc(OCCOc2ccccc2)cn1. The highest BCUT2D eigenvalue weighted by atomic mass is 35.5. The Morgan fingerprint density at radius 1 is 0.882 bits per heavy atom.